The van der Waals surface area contributed by atoms with Crippen LogP contribution in [0.25, 0.3) is 0 Å². The second-order valence-corrected chi connectivity index (χ2v) is 16.2. The summed E-state index contributed by atoms with van der Waals surface area (Å²) in [5.41, 5.74) is 9.39. The van der Waals surface area contributed by atoms with Crippen molar-refractivity contribution >= 4 is 18.2 Å². The molecule has 9 N–H and O–H groups in total. The molecule has 1 fully saturated rings. The van der Waals surface area contributed by atoms with Gasteiger partial charge in [0.1, 0.15) is 61.2 Å². The molecule has 0 saturated carbocycles. The Kier molecular flexibility index (Phi) is 11.7. The van der Waals surface area contributed by atoms with E-state index in [4.69, 9.17) is 38.9 Å². The van der Waals surface area contributed by atoms with Crippen LogP contribution in [0.15, 0.2) is 94.9 Å². The topological polar surface area (TPSA) is 274 Å². The van der Waals surface area contributed by atoms with Crippen LogP contribution in [0.1, 0.15) is 40.7 Å². The zero-order chi connectivity index (χ0) is 44.9. The quantitative estimate of drug-likeness (QED) is 0.0816. The van der Waals surface area contributed by atoms with Crippen LogP contribution < -0.4 is 34.7 Å². The number of aliphatic imine (C=N–C) groups is 1. The monoisotopic (exact) mass is 884 g/mol. The van der Waals surface area contributed by atoms with Gasteiger partial charge in [-0.2, -0.15) is 0 Å². The molecule has 0 unspecified atom stereocenters. The van der Waals surface area contributed by atoms with Crippen LogP contribution >= 0.6 is 0 Å². The van der Waals surface area contributed by atoms with Gasteiger partial charge in [0.2, 0.25) is 12.0 Å². The second-order valence-electron chi connectivity index (χ2n) is 16.2. The number of nitrogens with two attached hydrogens (primary N) is 1. The number of aliphatic hydroxyl groups excluding tert-OH is 5. The van der Waals surface area contributed by atoms with E-state index in [9.17, 15) is 40.2 Å². The van der Waals surface area contributed by atoms with E-state index in [1.54, 1.807) is 24.4 Å². The van der Waals surface area contributed by atoms with Crippen LogP contribution in [0.4, 0.5) is 0 Å². The maximum absolute atomic E-state index is 12.7. The molecule has 338 valence electrons. The van der Waals surface area contributed by atoms with Gasteiger partial charge in [-0.05, 0) is 41.6 Å². The lowest BCUT2D eigenvalue weighted by molar-refractivity contribution is -0.321. The first-order valence-corrected chi connectivity index (χ1v) is 20.7. The van der Waals surface area contributed by atoms with E-state index in [2.05, 4.69) is 10.3 Å². The third-order valence-electron chi connectivity index (χ3n) is 12.3. The summed E-state index contributed by atoms with van der Waals surface area (Å²) in [4.78, 5) is 30.5. The normalized spacial score (nSPS) is 29.5. The molecular formula is C45H48N4O15. The predicted molar refractivity (Wildman–Crippen MR) is 222 cm³/mol. The van der Waals surface area contributed by atoms with Gasteiger partial charge in [0.25, 0.3) is 0 Å². The lowest BCUT2D eigenvalue weighted by atomic mass is 9.79. The third kappa shape index (κ3) is 7.57. The van der Waals surface area contributed by atoms with Gasteiger partial charge in [0.15, 0.2) is 23.2 Å². The minimum atomic E-state index is -2.13. The lowest BCUT2D eigenvalue weighted by Gasteiger charge is -2.52. The SMILES string of the molecule is COc1ccc2c(c1OCCO)O[C@H]1c3c(CN4CC5=CC=NC5=C4CO)cc(O[C@@H]4O[C@@]5(C=CN[C@H](N)[C@H]5OC(=O)CC(=O)O)[C@@H](O)[C@H](O)[C@H]4O)cc3O[C@H](Cc3ccccc3)[C@@H]21. The number of benzene rings is 3. The first-order valence-electron chi connectivity index (χ1n) is 20.7. The molecule has 3 aromatic carbocycles. The molecule has 0 radical (unpaired) electrons. The molecule has 19 nitrogen and oxygen atoms in total. The maximum atomic E-state index is 12.7. The molecule has 9 rings (SSSR count). The molecule has 0 amide bonds. The van der Waals surface area contributed by atoms with Crippen LogP contribution in [0.5, 0.6) is 28.7 Å². The summed E-state index contributed by atoms with van der Waals surface area (Å²) >= 11 is 0. The fourth-order valence-electron chi connectivity index (χ4n) is 9.43. The zero-order valence-electron chi connectivity index (χ0n) is 34.5. The highest BCUT2D eigenvalue weighted by Crippen LogP contribution is 2.60. The molecule has 64 heavy (non-hydrogen) atoms. The first kappa shape index (κ1) is 43.1. The fourth-order valence-corrected chi connectivity index (χ4v) is 9.43. The molecule has 10 atom stereocenters. The van der Waals surface area contributed by atoms with Gasteiger partial charge in [0.05, 0.1) is 37.6 Å². The van der Waals surface area contributed by atoms with E-state index in [1.165, 1.54) is 19.4 Å². The number of hydrogen-bond acceptors (Lipinski definition) is 18. The number of aliphatic carboxylic acids is 1. The van der Waals surface area contributed by atoms with E-state index in [-0.39, 0.29) is 32.1 Å². The Balaban J connectivity index is 1.14. The van der Waals surface area contributed by atoms with Crippen molar-refractivity contribution in [2.24, 2.45) is 10.7 Å². The van der Waals surface area contributed by atoms with Gasteiger partial charge in [-0.1, -0.05) is 36.4 Å². The van der Waals surface area contributed by atoms with Gasteiger partial charge in [-0.15, -0.1) is 0 Å². The summed E-state index contributed by atoms with van der Waals surface area (Å²) in [5.74, 6) is -1.44. The largest absolute Gasteiger partial charge is 0.493 e. The zero-order valence-corrected chi connectivity index (χ0v) is 34.5. The van der Waals surface area contributed by atoms with Gasteiger partial charge in [0, 0.05) is 48.5 Å². The molecule has 6 aliphatic rings. The van der Waals surface area contributed by atoms with Crippen molar-refractivity contribution in [2.75, 3.05) is 33.5 Å². The molecule has 1 spiro atoms. The number of rotatable bonds is 14. The minimum absolute atomic E-state index is 0.0181. The molecule has 0 bridgehead atoms. The van der Waals surface area contributed by atoms with Gasteiger partial charge >= 0.3 is 11.9 Å². The number of aliphatic hydroxyl groups is 5. The van der Waals surface area contributed by atoms with Crippen molar-refractivity contribution in [2.45, 2.75) is 80.0 Å². The minimum Gasteiger partial charge on any atom is -0.493 e. The van der Waals surface area contributed by atoms with Crippen LogP contribution in [-0.4, -0.2) is 136 Å². The molecule has 1 saturated heterocycles. The average Bonchev–Trinajstić information content (AvgIpc) is 3.99. The highest BCUT2D eigenvalue weighted by Gasteiger charge is 2.61. The number of allylic oxidation sites excluding steroid dienone is 1. The Bertz CT molecular complexity index is 2430. The van der Waals surface area contributed by atoms with Crippen molar-refractivity contribution in [3.8, 4) is 28.7 Å². The van der Waals surface area contributed by atoms with Crippen molar-refractivity contribution < 1.29 is 73.4 Å². The van der Waals surface area contributed by atoms with Gasteiger partial charge in [-0.3, -0.25) is 14.6 Å². The molecule has 3 aromatic rings. The first-order chi connectivity index (χ1) is 30.9. The molecule has 6 aliphatic heterocycles. The number of carboxylic acid groups (broad SMARTS) is 1. The van der Waals surface area contributed by atoms with Crippen LogP contribution in [0, 0.1) is 0 Å². The average molecular weight is 885 g/mol. The molecular weight excluding hydrogens is 837 g/mol. The molecule has 19 heteroatoms. The standard InChI is InChI=1S/C45H48N4O15/c1-58-28-8-7-26-34-29(15-22-5-3-2-4-6-22)61-30-17-25(60-44-37(56)36(55)41(57)45(64-44)10-12-48-43(46)42(45)62-32(54)18-31(52)53)16-24(20-49-19-23-9-11-47-35(23)27(49)21-51)33(30)40(34)63-38(26)39(28)59-14-13-50/h2-12,16-17,29,34,36-37,40-44,48,50-51,55-57H,13-15,18-21,46H2,1H3,(H,52,53)/t29-,34-,36-,37-,40+,41+,42-,43+,44-,45+/m1/s1. The number of nitrogens with one attached hydrogen (secondary N) is 1. The number of carbonyl (C=O) groups excluding carboxylic acids is 1. The van der Waals surface area contributed by atoms with Crippen LogP contribution in [-0.2, 0) is 32.0 Å². The Morgan fingerprint density at radius 2 is 1.88 bits per heavy atom. The van der Waals surface area contributed by atoms with Gasteiger partial charge in [-0.25, -0.2) is 0 Å². The second kappa shape index (κ2) is 17.4. The Hall–Kier alpha value is -6.19. The number of esters is 1. The fraction of sp³-hybridized carbons (Fsp3) is 0.400. The maximum Gasteiger partial charge on any atom is 0.317 e. The molecule has 0 aliphatic carbocycles. The molecule has 6 heterocycles. The smallest absolute Gasteiger partial charge is 0.317 e. The number of methoxy groups -OCH3 is 1. The van der Waals surface area contributed by atoms with E-state index >= 15 is 0 Å². The Labute approximate surface area is 366 Å². The summed E-state index contributed by atoms with van der Waals surface area (Å²) in [6.07, 6.45) is -6.00. The lowest BCUT2D eigenvalue weighted by Crippen LogP contribution is -2.74. The summed E-state index contributed by atoms with van der Waals surface area (Å²) in [6, 6.07) is 16.8. The van der Waals surface area contributed by atoms with E-state index in [0.717, 1.165) is 16.7 Å². The number of carbonyl (C=O) groups is 2. The number of hydrogen-bond donors (Lipinski definition) is 8. The summed E-state index contributed by atoms with van der Waals surface area (Å²) in [7, 11) is 1.51. The Morgan fingerprint density at radius 3 is 2.62 bits per heavy atom. The summed E-state index contributed by atoms with van der Waals surface area (Å²) in [6.45, 7) is 0.0397. The number of nitrogens with zero attached hydrogens (tertiary/aromatic N) is 2. The van der Waals surface area contributed by atoms with E-state index in [0.29, 0.717) is 58.5 Å². The van der Waals surface area contributed by atoms with E-state index in [1.807, 2.05) is 47.4 Å². The number of ether oxygens (including phenoxy) is 7. The summed E-state index contributed by atoms with van der Waals surface area (Å²) < 4.78 is 43.8. The van der Waals surface area contributed by atoms with E-state index < -0.39 is 79.0 Å². The van der Waals surface area contributed by atoms with Crippen molar-refractivity contribution in [3.05, 3.63) is 112 Å². The molecule has 0 aromatic heterocycles. The summed E-state index contributed by atoms with van der Waals surface area (Å²) in [5, 5.41) is 66.5. The highest BCUT2D eigenvalue weighted by atomic mass is 16.7. The van der Waals surface area contributed by atoms with Crippen LogP contribution in [0.2, 0.25) is 0 Å². The highest BCUT2D eigenvalue weighted by molar-refractivity contribution is 5.90. The van der Waals surface area contributed by atoms with Crippen molar-refractivity contribution in [3.63, 3.8) is 0 Å². The predicted octanol–water partition coefficient (Wildman–Crippen LogP) is 0.662. The number of fused-ring (bicyclic) bond motifs is 6. The van der Waals surface area contributed by atoms with Crippen molar-refractivity contribution in [1.82, 2.24) is 10.2 Å². The number of carboxylic acids is 1. The third-order valence-corrected chi connectivity index (χ3v) is 12.3. The van der Waals surface area contributed by atoms with Gasteiger partial charge < -0.3 is 79.7 Å². The Morgan fingerprint density at radius 1 is 1.06 bits per heavy atom. The van der Waals surface area contributed by atoms with Crippen molar-refractivity contribution in [1.29, 1.82) is 0 Å². The van der Waals surface area contributed by atoms with Crippen LogP contribution in [0.3, 0.4) is 0 Å².